The summed E-state index contributed by atoms with van der Waals surface area (Å²) in [4.78, 5) is 13.6. The molecule has 3 heterocycles. The molecular formula is C25H26O15. The zero-order valence-electron chi connectivity index (χ0n) is 20.4. The molecule has 9 N–H and O–H groups in total. The first-order valence-corrected chi connectivity index (χ1v) is 12.0. The van der Waals surface area contributed by atoms with Crippen molar-refractivity contribution in [3.8, 4) is 40.1 Å². The summed E-state index contributed by atoms with van der Waals surface area (Å²) in [5, 5.41) is 90.0. The number of aliphatic hydroxyl groups is 5. The lowest BCUT2D eigenvalue weighted by molar-refractivity contribution is -0.298. The molecule has 0 bridgehead atoms. The van der Waals surface area contributed by atoms with Crippen molar-refractivity contribution in [2.75, 3.05) is 13.2 Å². The Morgan fingerprint density at radius 1 is 0.875 bits per heavy atom. The molecule has 2 aliphatic rings. The number of phenols is 4. The van der Waals surface area contributed by atoms with Gasteiger partial charge >= 0.3 is 0 Å². The summed E-state index contributed by atoms with van der Waals surface area (Å²) in [7, 11) is 0. The first-order chi connectivity index (χ1) is 19.0. The monoisotopic (exact) mass is 566 g/mol. The Hall–Kier alpha value is -3.67. The molecule has 2 fully saturated rings. The van der Waals surface area contributed by atoms with Crippen LogP contribution < -0.4 is 10.2 Å². The van der Waals surface area contributed by atoms with Gasteiger partial charge in [-0.05, 0) is 18.2 Å². The summed E-state index contributed by atoms with van der Waals surface area (Å²) >= 11 is 0. The fourth-order valence-electron chi connectivity index (χ4n) is 4.49. The molecule has 1 aromatic heterocycles. The molecule has 2 aromatic carbocycles. The van der Waals surface area contributed by atoms with Crippen LogP contribution in [0.15, 0.2) is 39.5 Å². The number of fused-ring (bicyclic) bond motifs is 1. The highest BCUT2D eigenvalue weighted by atomic mass is 16.8. The predicted molar refractivity (Wildman–Crippen MR) is 130 cm³/mol. The van der Waals surface area contributed by atoms with Crippen LogP contribution in [-0.4, -0.2) is 108 Å². The average Bonchev–Trinajstić information content (AvgIpc) is 3.20. The summed E-state index contributed by atoms with van der Waals surface area (Å²) in [6, 6.07) is 5.35. The second-order valence-corrected chi connectivity index (χ2v) is 9.32. The summed E-state index contributed by atoms with van der Waals surface area (Å²) in [6.45, 7) is -1.14. The third-order valence-corrected chi connectivity index (χ3v) is 6.61. The lowest BCUT2D eigenvalue weighted by Gasteiger charge is -2.37. The van der Waals surface area contributed by atoms with Gasteiger partial charge in [0.25, 0.3) is 0 Å². The Balaban J connectivity index is 1.59. The van der Waals surface area contributed by atoms with Crippen molar-refractivity contribution < 1.29 is 69.3 Å². The van der Waals surface area contributed by atoms with Crippen LogP contribution in [0.3, 0.4) is 0 Å². The molecule has 0 amide bonds. The standard InChI is InChI=1S/C25H26O15/c26-6-15-18(33)23(40-24-20(35)17(32)13(31)7-36-24)25(38-15)39-22-19(34)16-12(30)4-9(27)5-14(16)37-21(22)8-1-2-10(28)11(29)3-8/h1-5,13,15,17-18,20,23-33,35H,6-7H2/t13-,15+,17+,18+,20-,23-,24+,25+/m1/s1. The van der Waals surface area contributed by atoms with Crippen LogP contribution in [0, 0.1) is 0 Å². The maximum atomic E-state index is 13.6. The van der Waals surface area contributed by atoms with Gasteiger partial charge in [-0.15, -0.1) is 0 Å². The zero-order chi connectivity index (χ0) is 28.9. The van der Waals surface area contributed by atoms with E-state index in [0.717, 1.165) is 24.3 Å². The largest absolute Gasteiger partial charge is 0.508 e. The van der Waals surface area contributed by atoms with Crippen LogP contribution in [-0.2, 0) is 14.2 Å². The molecule has 8 atom stereocenters. The maximum Gasteiger partial charge on any atom is 0.239 e. The van der Waals surface area contributed by atoms with E-state index in [1.54, 1.807) is 0 Å². The van der Waals surface area contributed by atoms with E-state index in [2.05, 4.69) is 0 Å². The summed E-state index contributed by atoms with van der Waals surface area (Å²) in [6.07, 6.45) is -12.5. The molecule has 2 saturated heterocycles. The quantitative estimate of drug-likeness (QED) is 0.155. The topological polar surface area (TPSA) is 249 Å². The van der Waals surface area contributed by atoms with E-state index in [1.807, 2.05) is 0 Å². The van der Waals surface area contributed by atoms with E-state index in [-0.39, 0.29) is 16.9 Å². The molecule has 0 radical (unpaired) electrons. The van der Waals surface area contributed by atoms with Crippen molar-refractivity contribution in [1.29, 1.82) is 0 Å². The first kappa shape index (κ1) is 27.9. The van der Waals surface area contributed by atoms with Gasteiger partial charge in [-0.3, -0.25) is 4.79 Å². The molecule has 0 unspecified atom stereocenters. The van der Waals surface area contributed by atoms with Gasteiger partial charge in [0.1, 0.15) is 53.0 Å². The molecule has 15 heteroatoms. The van der Waals surface area contributed by atoms with E-state index < -0.39 is 102 Å². The maximum absolute atomic E-state index is 13.6. The lowest BCUT2D eigenvalue weighted by Crippen LogP contribution is -2.56. The average molecular weight is 566 g/mol. The van der Waals surface area contributed by atoms with Gasteiger partial charge in [-0.25, -0.2) is 0 Å². The van der Waals surface area contributed by atoms with E-state index in [1.165, 1.54) is 6.07 Å². The molecule has 15 nitrogen and oxygen atoms in total. The van der Waals surface area contributed by atoms with Crippen molar-refractivity contribution in [3.05, 3.63) is 40.6 Å². The number of rotatable bonds is 6. The van der Waals surface area contributed by atoms with Crippen LogP contribution >= 0.6 is 0 Å². The number of aromatic hydroxyl groups is 4. The number of phenolic OH excluding ortho intramolecular Hbond substituents is 4. The molecule has 40 heavy (non-hydrogen) atoms. The number of benzene rings is 2. The predicted octanol–water partition coefficient (Wildman–Crippen LogP) is -1.44. The Kier molecular flexibility index (Phi) is 7.47. The molecule has 0 saturated carbocycles. The van der Waals surface area contributed by atoms with Crippen LogP contribution in [0.25, 0.3) is 22.3 Å². The van der Waals surface area contributed by atoms with E-state index in [0.29, 0.717) is 0 Å². The van der Waals surface area contributed by atoms with Crippen molar-refractivity contribution in [1.82, 2.24) is 0 Å². The fraction of sp³-hybridized carbons (Fsp3) is 0.400. The zero-order valence-corrected chi connectivity index (χ0v) is 20.4. The third-order valence-electron chi connectivity index (χ3n) is 6.61. The highest BCUT2D eigenvalue weighted by molar-refractivity contribution is 5.88. The summed E-state index contributed by atoms with van der Waals surface area (Å²) < 4.78 is 28.0. The summed E-state index contributed by atoms with van der Waals surface area (Å²) in [5.41, 5.74) is -1.24. The minimum Gasteiger partial charge on any atom is -0.508 e. The Morgan fingerprint density at radius 2 is 1.62 bits per heavy atom. The fourth-order valence-corrected chi connectivity index (χ4v) is 4.49. The van der Waals surface area contributed by atoms with Gasteiger partial charge in [0, 0.05) is 17.7 Å². The van der Waals surface area contributed by atoms with Gasteiger partial charge in [0.15, 0.2) is 29.7 Å². The highest BCUT2D eigenvalue weighted by Crippen LogP contribution is 2.40. The van der Waals surface area contributed by atoms with Gasteiger partial charge in [0.05, 0.1) is 13.2 Å². The Bertz CT molecular complexity index is 1450. The van der Waals surface area contributed by atoms with E-state index in [4.69, 9.17) is 23.4 Å². The van der Waals surface area contributed by atoms with Gasteiger partial charge < -0.3 is 69.3 Å². The van der Waals surface area contributed by atoms with Crippen molar-refractivity contribution in [3.63, 3.8) is 0 Å². The van der Waals surface area contributed by atoms with Crippen molar-refractivity contribution in [2.45, 2.75) is 49.2 Å². The molecule has 0 aliphatic carbocycles. The molecular weight excluding hydrogens is 540 g/mol. The Morgan fingerprint density at radius 3 is 2.33 bits per heavy atom. The van der Waals surface area contributed by atoms with Crippen molar-refractivity contribution >= 4 is 11.0 Å². The van der Waals surface area contributed by atoms with Crippen LogP contribution in [0.2, 0.25) is 0 Å². The minimum absolute atomic E-state index is 0.00463. The van der Waals surface area contributed by atoms with Crippen LogP contribution in [0.5, 0.6) is 28.7 Å². The van der Waals surface area contributed by atoms with Crippen LogP contribution in [0.1, 0.15) is 0 Å². The Labute approximate surface area is 223 Å². The second-order valence-electron chi connectivity index (χ2n) is 9.32. The molecule has 0 spiro atoms. The number of aliphatic hydroxyl groups excluding tert-OH is 5. The first-order valence-electron chi connectivity index (χ1n) is 12.0. The van der Waals surface area contributed by atoms with Crippen LogP contribution in [0.4, 0.5) is 0 Å². The van der Waals surface area contributed by atoms with Gasteiger partial charge in [-0.1, -0.05) is 0 Å². The SMILES string of the molecule is O=c1c(O[C@@H]2O[C@@H](CO)[C@H](O)[C@H]2O[C@@H]2OC[C@@H](O)[C@H](O)[C@H]2O)c(-c2ccc(O)c(O)c2)oc2cc(O)cc(O)c12. The van der Waals surface area contributed by atoms with Crippen molar-refractivity contribution in [2.24, 2.45) is 0 Å². The second kappa shape index (κ2) is 10.7. The molecule has 3 aromatic rings. The van der Waals surface area contributed by atoms with E-state index in [9.17, 15) is 50.8 Å². The number of ether oxygens (including phenoxy) is 4. The summed E-state index contributed by atoms with van der Waals surface area (Å²) in [5.74, 6) is -3.12. The highest BCUT2D eigenvalue weighted by Gasteiger charge is 2.50. The third kappa shape index (κ3) is 4.89. The smallest absolute Gasteiger partial charge is 0.239 e. The molecule has 216 valence electrons. The normalized spacial score (nSPS) is 30.5. The molecule has 2 aliphatic heterocycles. The molecule has 5 rings (SSSR count). The lowest BCUT2D eigenvalue weighted by atomic mass is 10.1. The number of hydrogen-bond donors (Lipinski definition) is 9. The minimum atomic E-state index is -1.75. The number of hydrogen-bond acceptors (Lipinski definition) is 15. The van der Waals surface area contributed by atoms with Gasteiger partial charge in [-0.2, -0.15) is 0 Å². The van der Waals surface area contributed by atoms with Gasteiger partial charge in [0.2, 0.25) is 17.5 Å². The van der Waals surface area contributed by atoms with E-state index >= 15 is 0 Å².